The van der Waals surface area contributed by atoms with Gasteiger partial charge in [0.1, 0.15) is 0 Å². The molecule has 5 aromatic carbocycles. The molecular formula is C30H20Pd. The standard InChI is InChI=1S/C30H20.Pd/c1-3-11-21-19(9-1)17-20-10-2-4-12-22(20)29(21)28-18-27-23-13-5-7-15-25(23)30(28)26-16-8-6-14-24(26)27;/h1-11,13-18,27-28,30H;/q-2;+2. The fourth-order valence-corrected chi connectivity index (χ4v) is 5.99. The van der Waals surface area contributed by atoms with Crippen LogP contribution in [-0.2, 0) is 20.4 Å². The Labute approximate surface area is 196 Å². The van der Waals surface area contributed by atoms with Gasteiger partial charge in [-0.05, 0) is 22.4 Å². The number of hydrogen-bond acceptors (Lipinski definition) is 0. The Morgan fingerprint density at radius 3 is 2.00 bits per heavy atom. The summed E-state index contributed by atoms with van der Waals surface area (Å²) in [5, 5.41) is 5.22. The molecule has 0 heterocycles. The number of hydrogen-bond donors (Lipinski definition) is 0. The second-order valence-corrected chi connectivity index (χ2v) is 8.58. The summed E-state index contributed by atoms with van der Waals surface area (Å²) in [6, 6.07) is 39.3. The molecule has 150 valence electrons. The second-order valence-electron chi connectivity index (χ2n) is 8.58. The topological polar surface area (TPSA) is 0 Å². The van der Waals surface area contributed by atoms with Crippen molar-refractivity contribution in [1.82, 2.24) is 0 Å². The largest absolute Gasteiger partial charge is 2.00 e. The Morgan fingerprint density at radius 2 is 1.26 bits per heavy atom. The molecule has 31 heavy (non-hydrogen) atoms. The van der Waals surface area contributed by atoms with Gasteiger partial charge in [0.2, 0.25) is 0 Å². The molecule has 0 aromatic heterocycles. The molecule has 5 aromatic rings. The Morgan fingerprint density at radius 1 is 0.645 bits per heavy atom. The van der Waals surface area contributed by atoms with Gasteiger partial charge in [0.05, 0.1) is 0 Å². The summed E-state index contributed by atoms with van der Waals surface area (Å²) in [7, 11) is 0. The fraction of sp³-hybridized carbons (Fsp3) is 0.100. The van der Waals surface area contributed by atoms with Gasteiger partial charge < -0.3 is 6.42 Å². The van der Waals surface area contributed by atoms with E-state index in [2.05, 4.69) is 110 Å². The Kier molecular flexibility index (Phi) is 4.39. The molecule has 0 amide bonds. The minimum atomic E-state index is 0. The molecule has 0 aliphatic heterocycles. The van der Waals surface area contributed by atoms with Crippen molar-refractivity contribution in [1.29, 1.82) is 0 Å². The van der Waals surface area contributed by atoms with Crippen molar-refractivity contribution in [3.63, 3.8) is 0 Å². The van der Waals surface area contributed by atoms with Crippen LogP contribution < -0.4 is 0 Å². The van der Waals surface area contributed by atoms with E-state index < -0.39 is 0 Å². The third kappa shape index (κ3) is 2.64. The first-order chi connectivity index (χ1) is 14.9. The van der Waals surface area contributed by atoms with Gasteiger partial charge in [-0.2, -0.15) is 5.92 Å². The van der Waals surface area contributed by atoms with E-state index in [0.29, 0.717) is 17.8 Å². The smallest absolute Gasteiger partial charge is 0.317 e. The van der Waals surface area contributed by atoms with Crippen molar-refractivity contribution < 1.29 is 20.4 Å². The van der Waals surface area contributed by atoms with E-state index in [1.807, 2.05) is 0 Å². The zero-order valence-electron chi connectivity index (χ0n) is 16.9. The minimum Gasteiger partial charge on any atom is -0.317 e. The van der Waals surface area contributed by atoms with Gasteiger partial charge >= 0.3 is 20.4 Å². The molecule has 0 saturated carbocycles. The van der Waals surface area contributed by atoms with E-state index in [4.69, 9.17) is 0 Å². The summed E-state index contributed by atoms with van der Waals surface area (Å²) in [5.74, 6) is 1.04. The van der Waals surface area contributed by atoms with E-state index in [1.54, 1.807) is 0 Å². The van der Waals surface area contributed by atoms with Crippen LogP contribution >= 0.6 is 0 Å². The van der Waals surface area contributed by atoms with Crippen molar-refractivity contribution in [2.24, 2.45) is 0 Å². The summed E-state index contributed by atoms with van der Waals surface area (Å²) in [5.41, 5.74) is 7.37. The molecule has 1 heteroatoms. The van der Waals surface area contributed by atoms with Gasteiger partial charge in [-0.15, -0.1) is 46.5 Å². The van der Waals surface area contributed by atoms with Crippen molar-refractivity contribution >= 4 is 21.5 Å². The minimum absolute atomic E-state index is 0. The van der Waals surface area contributed by atoms with Crippen molar-refractivity contribution in [3.8, 4) is 0 Å². The zero-order valence-corrected chi connectivity index (χ0v) is 18.4. The van der Waals surface area contributed by atoms with Gasteiger partial charge in [-0.3, -0.25) is 0 Å². The number of benzene rings is 5. The monoisotopic (exact) mass is 486 g/mol. The zero-order chi connectivity index (χ0) is 19.7. The molecule has 8 rings (SSSR count). The summed E-state index contributed by atoms with van der Waals surface area (Å²) in [6.45, 7) is 0. The van der Waals surface area contributed by atoms with Crippen molar-refractivity contribution in [2.75, 3.05) is 0 Å². The molecular weight excluding hydrogens is 467 g/mol. The molecule has 3 aliphatic rings. The van der Waals surface area contributed by atoms with Crippen LogP contribution in [0.15, 0.2) is 97.1 Å². The average Bonchev–Trinajstić information content (AvgIpc) is 2.82. The van der Waals surface area contributed by atoms with Gasteiger partial charge in [-0.1, -0.05) is 95.4 Å². The third-order valence-corrected chi connectivity index (χ3v) is 7.14. The van der Waals surface area contributed by atoms with Crippen molar-refractivity contribution in [3.05, 3.63) is 137 Å². The summed E-state index contributed by atoms with van der Waals surface area (Å²) >= 11 is 0. The Balaban J connectivity index is 0.00000185. The van der Waals surface area contributed by atoms with Crippen LogP contribution in [0.3, 0.4) is 0 Å². The molecule has 0 spiro atoms. The van der Waals surface area contributed by atoms with Crippen LogP contribution in [0, 0.1) is 12.5 Å². The van der Waals surface area contributed by atoms with E-state index in [-0.39, 0.29) is 20.4 Å². The third-order valence-electron chi connectivity index (χ3n) is 7.14. The normalized spacial score (nSPS) is 20.8. The SMILES string of the molecule is [Pd+2].[c-]1cccc2cc3ccccc3c(C3[CH-]C4c5ccccc5C3c3ccccc34)c12. The van der Waals surface area contributed by atoms with Crippen molar-refractivity contribution in [2.45, 2.75) is 17.8 Å². The molecule has 3 aliphatic carbocycles. The van der Waals surface area contributed by atoms with E-state index in [1.165, 1.54) is 49.4 Å². The molecule has 0 fully saturated rings. The maximum atomic E-state index is 3.60. The molecule has 0 saturated heterocycles. The molecule has 1 unspecified atom stereocenters. The molecule has 1 atom stereocenters. The van der Waals surface area contributed by atoms with Crippen LogP contribution in [0.4, 0.5) is 0 Å². The quantitative estimate of drug-likeness (QED) is 0.132. The first kappa shape index (κ1) is 19.0. The van der Waals surface area contributed by atoms with Crippen LogP contribution in [-0.4, -0.2) is 0 Å². The van der Waals surface area contributed by atoms with Gasteiger partial charge in [0, 0.05) is 0 Å². The Hall–Kier alpha value is -2.72. The maximum Gasteiger partial charge on any atom is 2.00 e. The van der Waals surface area contributed by atoms with Crippen LogP contribution in [0.1, 0.15) is 45.6 Å². The predicted octanol–water partition coefficient (Wildman–Crippen LogP) is 7.37. The average molecular weight is 487 g/mol. The first-order valence-electron chi connectivity index (χ1n) is 10.7. The van der Waals surface area contributed by atoms with E-state index in [9.17, 15) is 0 Å². The van der Waals surface area contributed by atoms with Crippen LogP contribution in [0.5, 0.6) is 0 Å². The molecule has 0 N–H and O–H groups in total. The predicted molar refractivity (Wildman–Crippen MR) is 124 cm³/mol. The number of rotatable bonds is 1. The summed E-state index contributed by atoms with van der Waals surface area (Å²) in [6.07, 6.45) is 2.61. The van der Waals surface area contributed by atoms with Crippen LogP contribution in [0.25, 0.3) is 21.5 Å². The first-order valence-corrected chi connectivity index (χ1v) is 10.7. The number of fused-ring (bicyclic) bond motifs is 3. The second kappa shape index (κ2) is 7.17. The summed E-state index contributed by atoms with van der Waals surface area (Å²) in [4.78, 5) is 0. The van der Waals surface area contributed by atoms with Gasteiger partial charge in [0.25, 0.3) is 0 Å². The van der Waals surface area contributed by atoms with E-state index >= 15 is 0 Å². The molecule has 0 nitrogen and oxygen atoms in total. The summed E-state index contributed by atoms with van der Waals surface area (Å²) < 4.78 is 0. The molecule has 2 bridgehead atoms. The molecule has 0 radical (unpaired) electrons. The van der Waals surface area contributed by atoms with Gasteiger partial charge in [-0.25, -0.2) is 0 Å². The Bertz CT molecular complexity index is 1350. The fourth-order valence-electron chi connectivity index (χ4n) is 5.99. The maximum absolute atomic E-state index is 3.60. The van der Waals surface area contributed by atoms with Crippen LogP contribution in [0.2, 0.25) is 0 Å². The van der Waals surface area contributed by atoms with E-state index in [0.717, 1.165) is 0 Å². The van der Waals surface area contributed by atoms with Gasteiger partial charge in [0.15, 0.2) is 0 Å².